The van der Waals surface area contributed by atoms with Crippen LogP contribution >= 0.6 is 0 Å². The van der Waals surface area contributed by atoms with E-state index in [0.717, 1.165) is 0 Å². The van der Waals surface area contributed by atoms with Crippen molar-refractivity contribution >= 4 is 5.57 Å². The summed E-state index contributed by atoms with van der Waals surface area (Å²) in [6.45, 7) is 1.51. The number of halogens is 1. The number of methoxy groups -OCH3 is 1. The largest absolute Gasteiger partial charge is 0.375 e. The van der Waals surface area contributed by atoms with Crippen molar-refractivity contribution in [3.63, 3.8) is 0 Å². The molecule has 2 rings (SSSR count). The second-order valence-electron chi connectivity index (χ2n) is 3.66. The van der Waals surface area contributed by atoms with Crippen LogP contribution in [0, 0.1) is 0 Å². The van der Waals surface area contributed by atoms with Crippen molar-refractivity contribution in [2.24, 2.45) is 0 Å². The molecule has 1 aromatic rings. The monoisotopic (exact) mass is 226 g/mol. The van der Waals surface area contributed by atoms with Gasteiger partial charge in [-0.25, -0.2) is 9.18 Å². The summed E-state index contributed by atoms with van der Waals surface area (Å²) in [5.74, 6) is -0.392. The molecule has 1 unspecified atom stereocenters. The van der Waals surface area contributed by atoms with Crippen LogP contribution in [0.5, 0.6) is 0 Å². The molecule has 1 atom stereocenters. The molecule has 5 nitrogen and oxygen atoms in total. The molecule has 0 saturated carbocycles. The molecular formula is C10H11FN2O3. The molecule has 0 spiro atoms. The van der Waals surface area contributed by atoms with E-state index < -0.39 is 23.2 Å². The van der Waals surface area contributed by atoms with Gasteiger partial charge in [-0.05, 0) is 12.5 Å². The Hall–Kier alpha value is -1.69. The van der Waals surface area contributed by atoms with Crippen LogP contribution < -0.4 is 11.2 Å². The van der Waals surface area contributed by atoms with E-state index in [9.17, 15) is 14.0 Å². The molecule has 0 bridgehead atoms. The average molecular weight is 226 g/mol. The number of aromatic amines is 2. The summed E-state index contributed by atoms with van der Waals surface area (Å²) in [6, 6.07) is 0. The van der Waals surface area contributed by atoms with E-state index in [1.807, 2.05) is 0 Å². The maximum Gasteiger partial charge on any atom is 0.326 e. The second kappa shape index (κ2) is 3.71. The van der Waals surface area contributed by atoms with Crippen molar-refractivity contribution in [1.82, 2.24) is 9.97 Å². The average Bonchev–Trinajstić information content (AvgIpc) is 2.22. The van der Waals surface area contributed by atoms with Crippen LogP contribution in [0.15, 0.2) is 15.4 Å². The molecule has 0 radical (unpaired) electrons. The molecule has 86 valence electrons. The number of allylic oxidation sites excluding steroid dienone is 1. The molecule has 1 heterocycles. The van der Waals surface area contributed by atoms with E-state index in [0.29, 0.717) is 5.69 Å². The summed E-state index contributed by atoms with van der Waals surface area (Å²) in [5, 5.41) is 0. The number of nitrogens with one attached hydrogen (secondary N) is 2. The quantitative estimate of drug-likeness (QED) is 0.745. The zero-order chi connectivity index (χ0) is 11.9. The molecular weight excluding hydrogens is 215 g/mol. The normalized spacial score (nSPS) is 19.8. The molecule has 0 fully saturated rings. The Labute approximate surface area is 90.0 Å². The number of hydrogen-bond donors (Lipinski definition) is 2. The summed E-state index contributed by atoms with van der Waals surface area (Å²) in [4.78, 5) is 27.3. The predicted octanol–water partition coefficient (Wildman–Crippen LogP) is 0.855. The Morgan fingerprint density at radius 3 is 2.69 bits per heavy atom. The van der Waals surface area contributed by atoms with Crippen LogP contribution in [-0.2, 0) is 4.74 Å². The molecule has 1 aliphatic carbocycles. The number of ether oxygens (including phenoxy) is 1. The van der Waals surface area contributed by atoms with Crippen molar-refractivity contribution < 1.29 is 9.13 Å². The first-order valence-corrected chi connectivity index (χ1v) is 4.79. The molecule has 2 N–H and O–H groups in total. The number of H-pyrrole nitrogens is 2. The van der Waals surface area contributed by atoms with Gasteiger partial charge in [-0.2, -0.15) is 0 Å². The minimum absolute atomic E-state index is 0.0364. The highest BCUT2D eigenvalue weighted by Crippen LogP contribution is 2.35. The summed E-state index contributed by atoms with van der Waals surface area (Å²) >= 11 is 0. The lowest BCUT2D eigenvalue weighted by molar-refractivity contribution is 0.0927. The minimum Gasteiger partial charge on any atom is -0.375 e. The number of rotatable bonds is 1. The van der Waals surface area contributed by atoms with Gasteiger partial charge >= 0.3 is 5.69 Å². The SMILES string of the molecule is COC1CC(F)=C(C)c2c1[nH]c(=O)[nH]c2=O. The lowest BCUT2D eigenvalue weighted by Gasteiger charge is -2.22. The molecule has 0 aliphatic heterocycles. The summed E-state index contributed by atoms with van der Waals surface area (Å²) in [6.07, 6.45) is -0.581. The van der Waals surface area contributed by atoms with Crippen LogP contribution in [0.1, 0.15) is 30.7 Å². The maximum atomic E-state index is 13.5. The minimum atomic E-state index is -0.617. The van der Waals surface area contributed by atoms with Crippen LogP contribution in [0.25, 0.3) is 5.57 Å². The first-order valence-electron chi connectivity index (χ1n) is 4.79. The topological polar surface area (TPSA) is 75.0 Å². The van der Waals surface area contributed by atoms with Gasteiger partial charge in [-0.15, -0.1) is 0 Å². The third kappa shape index (κ3) is 1.51. The highest BCUT2D eigenvalue weighted by molar-refractivity contribution is 5.68. The standard InChI is InChI=1S/C10H11FN2O3/c1-4-5(11)3-6(16-2)8-7(4)9(14)13-10(15)12-8/h6H,3H2,1-2H3,(H2,12,13,14,15). The maximum absolute atomic E-state index is 13.5. The van der Waals surface area contributed by atoms with Crippen molar-refractivity contribution in [2.45, 2.75) is 19.4 Å². The van der Waals surface area contributed by atoms with Crippen molar-refractivity contribution in [3.05, 3.63) is 37.9 Å². The van der Waals surface area contributed by atoms with E-state index in [1.54, 1.807) is 0 Å². The summed E-state index contributed by atoms with van der Waals surface area (Å²) < 4.78 is 18.6. The van der Waals surface area contributed by atoms with Gasteiger partial charge in [0, 0.05) is 13.5 Å². The molecule has 6 heteroatoms. The summed E-state index contributed by atoms with van der Waals surface area (Å²) in [5.41, 5.74) is -0.444. The van der Waals surface area contributed by atoms with Crippen LogP contribution in [0.4, 0.5) is 4.39 Å². The van der Waals surface area contributed by atoms with Crippen LogP contribution in [0.3, 0.4) is 0 Å². The van der Waals surface area contributed by atoms with E-state index in [-0.39, 0.29) is 17.6 Å². The number of fused-ring (bicyclic) bond motifs is 1. The molecule has 1 aliphatic rings. The van der Waals surface area contributed by atoms with E-state index in [1.165, 1.54) is 14.0 Å². The molecule has 16 heavy (non-hydrogen) atoms. The van der Waals surface area contributed by atoms with Crippen molar-refractivity contribution in [3.8, 4) is 0 Å². The highest BCUT2D eigenvalue weighted by Gasteiger charge is 2.28. The highest BCUT2D eigenvalue weighted by atomic mass is 19.1. The number of aromatic nitrogens is 2. The van der Waals surface area contributed by atoms with Crippen molar-refractivity contribution in [1.29, 1.82) is 0 Å². The zero-order valence-electron chi connectivity index (χ0n) is 8.89. The van der Waals surface area contributed by atoms with Gasteiger partial charge in [0.1, 0.15) is 11.9 Å². The lowest BCUT2D eigenvalue weighted by Crippen LogP contribution is -2.31. The van der Waals surface area contributed by atoms with Crippen molar-refractivity contribution in [2.75, 3.05) is 7.11 Å². The second-order valence-corrected chi connectivity index (χ2v) is 3.66. The molecule has 0 amide bonds. The molecule has 0 saturated heterocycles. The fourth-order valence-electron chi connectivity index (χ4n) is 1.87. The third-order valence-electron chi connectivity index (χ3n) is 2.72. The Balaban J connectivity index is 2.79. The predicted molar refractivity (Wildman–Crippen MR) is 55.8 cm³/mol. The Morgan fingerprint density at radius 1 is 1.38 bits per heavy atom. The van der Waals surface area contributed by atoms with Gasteiger partial charge in [-0.1, -0.05) is 0 Å². The Bertz CT molecular complexity index is 570. The fourth-order valence-corrected chi connectivity index (χ4v) is 1.87. The van der Waals surface area contributed by atoms with Gasteiger partial charge in [0.15, 0.2) is 0 Å². The van der Waals surface area contributed by atoms with Gasteiger partial charge in [-0.3, -0.25) is 9.78 Å². The van der Waals surface area contributed by atoms with Crippen LogP contribution in [0.2, 0.25) is 0 Å². The number of hydrogen-bond acceptors (Lipinski definition) is 3. The fraction of sp³-hybridized carbons (Fsp3) is 0.400. The van der Waals surface area contributed by atoms with Gasteiger partial charge in [0.05, 0.1) is 11.3 Å². The lowest BCUT2D eigenvalue weighted by atomic mass is 9.94. The van der Waals surface area contributed by atoms with Crippen LogP contribution in [-0.4, -0.2) is 17.1 Å². The first-order chi connectivity index (χ1) is 7.54. The smallest absolute Gasteiger partial charge is 0.326 e. The van der Waals surface area contributed by atoms with Gasteiger partial charge in [0.2, 0.25) is 0 Å². The van der Waals surface area contributed by atoms with E-state index in [4.69, 9.17) is 4.74 Å². The third-order valence-corrected chi connectivity index (χ3v) is 2.72. The van der Waals surface area contributed by atoms with Gasteiger partial charge in [0.25, 0.3) is 5.56 Å². The Morgan fingerprint density at radius 2 is 2.06 bits per heavy atom. The summed E-state index contributed by atoms with van der Waals surface area (Å²) in [7, 11) is 1.40. The Kier molecular flexibility index (Phi) is 2.51. The molecule has 0 aromatic carbocycles. The zero-order valence-corrected chi connectivity index (χ0v) is 8.89. The molecule has 1 aromatic heterocycles. The van der Waals surface area contributed by atoms with E-state index in [2.05, 4.69) is 9.97 Å². The first kappa shape index (κ1) is 10.8. The van der Waals surface area contributed by atoms with E-state index >= 15 is 0 Å². The van der Waals surface area contributed by atoms with Gasteiger partial charge < -0.3 is 9.72 Å².